The number of rotatable bonds is 9. The number of ether oxygens (including phenoxy) is 1. The summed E-state index contributed by atoms with van der Waals surface area (Å²) in [6.45, 7) is 3.55. The Morgan fingerprint density at radius 1 is 1.33 bits per heavy atom. The van der Waals surface area contributed by atoms with Crippen molar-refractivity contribution in [1.29, 1.82) is 5.26 Å². The number of hydrogen-bond acceptors (Lipinski definition) is 5. The van der Waals surface area contributed by atoms with Gasteiger partial charge in [0, 0.05) is 25.4 Å². The molecule has 0 amide bonds. The lowest BCUT2D eigenvalue weighted by molar-refractivity contribution is 0.130. The zero-order chi connectivity index (χ0) is 15.7. The Bertz CT molecular complexity index is 594. The van der Waals surface area contributed by atoms with Crippen molar-refractivity contribution in [2.75, 3.05) is 25.5 Å². The second kappa shape index (κ2) is 8.62. The maximum Gasteiger partial charge on any atom is 0.241 e. The molecule has 1 aromatic rings. The van der Waals surface area contributed by atoms with Crippen LogP contribution in [0.2, 0.25) is 0 Å². The highest BCUT2D eigenvalue weighted by atomic mass is 32.2. The molecule has 0 spiro atoms. The zero-order valence-corrected chi connectivity index (χ0v) is 12.9. The van der Waals surface area contributed by atoms with Gasteiger partial charge in [0.05, 0.1) is 10.5 Å². The molecule has 0 aliphatic carbocycles. The summed E-state index contributed by atoms with van der Waals surface area (Å²) in [5.74, 6) is 0. The summed E-state index contributed by atoms with van der Waals surface area (Å²) < 4.78 is 32.0. The first-order valence-electron chi connectivity index (χ1n) is 6.88. The van der Waals surface area contributed by atoms with E-state index in [4.69, 9.17) is 15.7 Å². The molecular weight excluding hydrogens is 290 g/mol. The SMILES string of the molecule is CCCCOCCCNS(=O)(=O)c1ccc(N)cc1C#N. The number of hydrogen-bond donors (Lipinski definition) is 2. The number of nitriles is 1. The van der Waals surface area contributed by atoms with Gasteiger partial charge in [-0.2, -0.15) is 5.26 Å². The van der Waals surface area contributed by atoms with Crippen molar-refractivity contribution in [2.24, 2.45) is 0 Å². The summed E-state index contributed by atoms with van der Waals surface area (Å²) in [6, 6.07) is 6.00. The minimum atomic E-state index is -3.70. The third-order valence-electron chi connectivity index (χ3n) is 2.81. The maximum atomic E-state index is 12.1. The summed E-state index contributed by atoms with van der Waals surface area (Å²) >= 11 is 0. The fourth-order valence-corrected chi connectivity index (χ4v) is 2.89. The lowest BCUT2D eigenvalue weighted by Gasteiger charge is -2.09. The molecule has 0 heterocycles. The van der Waals surface area contributed by atoms with Crippen LogP contribution < -0.4 is 10.5 Å². The van der Waals surface area contributed by atoms with E-state index in [1.807, 2.05) is 6.07 Å². The van der Waals surface area contributed by atoms with E-state index in [9.17, 15) is 8.42 Å². The molecule has 0 aliphatic rings. The van der Waals surface area contributed by atoms with Gasteiger partial charge in [-0.15, -0.1) is 0 Å². The van der Waals surface area contributed by atoms with Crippen molar-refractivity contribution in [2.45, 2.75) is 31.1 Å². The standard InChI is InChI=1S/C14H21N3O3S/c1-2-3-8-20-9-4-7-17-21(18,19)14-6-5-13(16)10-12(14)11-15/h5-6,10,17H,2-4,7-9,16H2,1H3. The molecule has 0 bridgehead atoms. The Kier molecular flexibility index (Phi) is 7.15. The number of anilines is 1. The highest BCUT2D eigenvalue weighted by Crippen LogP contribution is 2.17. The minimum absolute atomic E-state index is 0.0432. The average molecular weight is 311 g/mol. The predicted octanol–water partition coefficient (Wildman–Crippen LogP) is 1.63. The number of nitrogens with two attached hydrogens (primary N) is 1. The van der Waals surface area contributed by atoms with Gasteiger partial charge in [0.2, 0.25) is 10.0 Å². The molecule has 0 unspecified atom stereocenters. The highest BCUT2D eigenvalue weighted by molar-refractivity contribution is 7.89. The molecule has 3 N–H and O–H groups in total. The maximum absolute atomic E-state index is 12.1. The van der Waals surface area contributed by atoms with E-state index in [0.717, 1.165) is 12.8 Å². The van der Waals surface area contributed by atoms with E-state index < -0.39 is 10.0 Å². The minimum Gasteiger partial charge on any atom is -0.399 e. The van der Waals surface area contributed by atoms with E-state index >= 15 is 0 Å². The zero-order valence-electron chi connectivity index (χ0n) is 12.1. The van der Waals surface area contributed by atoms with Crippen LogP contribution >= 0.6 is 0 Å². The first-order valence-corrected chi connectivity index (χ1v) is 8.36. The van der Waals surface area contributed by atoms with E-state index in [0.29, 0.717) is 25.3 Å². The van der Waals surface area contributed by atoms with Gasteiger partial charge in [0.25, 0.3) is 0 Å². The van der Waals surface area contributed by atoms with Gasteiger partial charge < -0.3 is 10.5 Å². The van der Waals surface area contributed by atoms with Crippen LogP contribution in [0.3, 0.4) is 0 Å². The van der Waals surface area contributed by atoms with E-state index in [1.54, 1.807) is 0 Å². The lowest BCUT2D eigenvalue weighted by Crippen LogP contribution is -2.26. The molecule has 21 heavy (non-hydrogen) atoms. The average Bonchev–Trinajstić information content (AvgIpc) is 2.45. The quantitative estimate of drug-likeness (QED) is 0.532. The molecule has 116 valence electrons. The van der Waals surface area contributed by atoms with E-state index in [-0.39, 0.29) is 17.0 Å². The second-order valence-electron chi connectivity index (χ2n) is 4.58. The first-order chi connectivity index (χ1) is 10.0. The largest absolute Gasteiger partial charge is 0.399 e. The molecule has 7 heteroatoms. The summed E-state index contributed by atoms with van der Waals surface area (Å²) in [7, 11) is -3.70. The molecule has 0 saturated carbocycles. The molecule has 0 fully saturated rings. The van der Waals surface area contributed by atoms with Gasteiger partial charge in [-0.3, -0.25) is 0 Å². The van der Waals surface area contributed by atoms with E-state index in [1.165, 1.54) is 18.2 Å². The topological polar surface area (TPSA) is 105 Å². The lowest BCUT2D eigenvalue weighted by atomic mass is 10.2. The van der Waals surface area contributed by atoms with Crippen molar-refractivity contribution in [3.63, 3.8) is 0 Å². The molecule has 1 rings (SSSR count). The van der Waals surface area contributed by atoms with Gasteiger partial charge in [0.1, 0.15) is 6.07 Å². The van der Waals surface area contributed by atoms with Crippen LogP contribution in [0.25, 0.3) is 0 Å². The smallest absolute Gasteiger partial charge is 0.241 e. The Morgan fingerprint density at radius 2 is 2.05 bits per heavy atom. The highest BCUT2D eigenvalue weighted by Gasteiger charge is 2.18. The van der Waals surface area contributed by atoms with Gasteiger partial charge in [-0.25, -0.2) is 13.1 Å². The fraction of sp³-hybridized carbons (Fsp3) is 0.500. The number of sulfonamides is 1. The van der Waals surface area contributed by atoms with Gasteiger partial charge in [-0.1, -0.05) is 13.3 Å². The normalized spacial score (nSPS) is 11.2. The van der Waals surface area contributed by atoms with Crippen molar-refractivity contribution < 1.29 is 13.2 Å². The molecule has 0 radical (unpaired) electrons. The fourth-order valence-electron chi connectivity index (χ4n) is 1.68. The molecule has 6 nitrogen and oxygen atoms in total. The van der Waals surface area contributed by atoms with Crippen LogP contribution in [0.5, 0.6) is 0 Å². The summed E-state index contributed by atoms with van der Waals surface area (Å²) in [5, 5.41) is 8.98. The number of nitrogens with one attached hydrogen (secondary N) is 1. The van der Waals surface area contributed by atoms with Gasteiger partial charge in [0.15, 0.2) is 0 Å². The molecule has 0 aromatic heterocycles. The van der Waals surface area contributed by atoms with Crippen molar-refractivity contribution in [3.8, 4) is 6.07 Å². The van der Waals surface area contributed by atoms with Crippen LogP contribution in [0, 0.1) is 11.3 Å². The van der Waals surface area contributed by atoms with E-state index in [2.05, 4.69) is 11.6 Å². The summed E-state index contributed by atoms with van der Waals surface area (Å²) in [6.07, 6.45) is 2.66. The van der Waals surface area contributed by atoms with Crippen LogP contribution in [0.1, 0.15) is 31.7 Å². The number of benzene rings is 1. The Balaban J connectivity index is 2.53. The van der Waals surface area contributed by atoms with Crippen molar-refractivity contribution in [1.82, 2.24) is 4.72 Å². The second-order valence-corrected chi connectivity index (χ2v) is 6.32. The summed E-state index contributed by atoms with van der Waals surface area (Å²) in [5.41, 5.74) is 5.94. The monoisotopic (exact) mass is 311 g/mol. The molecule has 1 aromatic carbocycles. The third kappa shape index (κ3) is 5.71. The number of nitrogen functional groups attached to an aromatic ring is 1. The molecule has 0 saturated heterocycles. The molecule has 0 aliphatic heterocycles. The van der Waals surface area contributed by atoms with Crippen LogP contribution in [-0.4, -0.2) is 28.2 Å². The van der Waals surface area contributed by atoms with Crippen LogP contribution in [0.4, 0.5) is 5.69 Å². The molecular formula is C14H21N3O3S. The van der Waals surface area contributed by atoms with Gasteiger partial charge >= 0.3 is 0 Å². The summed E-state index contributed by atoms with van der Waals surface area (Å²) in [4.78, 5) is -0.0499. The first kappa shape index (κ1) is 17.4. The van der Waals surface area contributed by atoms with Crippen LogP contribution in [0.15, 0.2) is 23.1 Å². The Labute approximate surface area is 126 Å². The van der Waals surface area contributed by atoms with Crippen LogP contribution in [-0.2, 0) is 14.8 Å². The Morgan fingerprint density at radius 3 is 2.71 bits per heavy atom. The molecule has 0 atom stereocenters. The van der Waals surface area contributed by atoms with Crippen molar-refractivity contribution >= 4 is 15.7 Å². The number of nitrogens with zero attached hydrogens (tertiary/aromatic N) is 1. The Hall–Kier alpha value is -1.62. The van der Waals surface area contributed by atoms with Gasteiger partial charge in [-0.05, 0) is 31.0 Å². The van der Waals surface area contributed by atoms with Crippen molar-refractivity contribution in [3.05, 3.63) is 23.8 Å². The third-order valence-corrected chi connectivity index (χ3v) is 4.33. The predicted molar refractivity (Wildman–Crippen MR) is 81.1 cm³/mol. The number of unbranched alkanes of at least 4 members (excludes halogenated alkanes) is 1.